The Kier molecular flexibility index (Phi) is 4.84. The molecule has 0 aliphatic carbocycles. The quantitative estimate of drug-likeness (QED) is 0.807. The van der Waals surface area contributed by atoms with Crippen molar-refractivity contribution in [1.29, 1.82) is 0 Å². The minimum atomic E-state index is -0.0449. The number of amides is 1. The molecule has 3 N–H and O–H groups in total. The van der Waals surface area contributed by atoms with Gasteiger partial charge in [-0.15, -0.1) is 10.2 Å². The highest BCUT2D eigenvalue weighted by Crippen LogP contribution is 2.08. The van der Waals surface area contributed by atoms with Gasteiger partial charge in [0.05, 0.1) is 13.0 Å². The van der Waals surface area contributed by atoms with E-state index in [1.54, 1.807) is 6.33 Å². The molecule has 0 atom stereocenters. The van der Waals surface area contributed by atoms with Gasteiger partial charge < -0.3 is 15.6 Å². The normalized spacial score (nSPS) is 10.5. The lowest BCUT2D eigenvalue weighted by Crippen LogP contribution is -2.26. The molecule has 0 unspecified atom stereocenters. The lowest BCUT2D eigenvalue weighted by Gasteiger charge is -2.08. The number of nitrogens with one attached hydrogen (secondary N) is 1. The van der Waals surface area contributed by atoms with Crippen molar-refractivity contribution in [2.24, 2.45) is 5.73 Å². The SMILES string of the molecule is CCn1cnnc1CNC(=O)Cc1ccccc1CN. The molecule has 6 nitrogen and oxygen atoms in total. The number of hydrogen-bond donors (Lipinski definition) is 2. The number of carbonyl (C=O) groups excluding carboxylic acids is 1. The van der Waals surface area contributed by atoms with E-state index < -0.39 is 0 Å². The van der Waals surface area contributed by atoms with Crippen LogP contribution in [0, 0.1) is 0 Å². The molecular weight excluding hydrogens is 254 g/mol. The highest BCUT2D eigenvalue weighted by atomic mass is 16.1. The van der Waals surface area contributed by atoms with Crippen molar-refractivity contribution in [1.82, 2.24) is 20.1 Å². The molecule has 6 heteroatoms. The maximum Gasteiger partial charge on any atom is 0.224 e. The maximum absolute atomic E-state index is 12.0. The van der Waals surface area contributed by atoms with E-state index in [4.69, 9.17) is 5.73 Å². The van der Waals surface area contributed by atoms with Gasteiger partial charge in [0.2, 0.25) is 5.91 Å². The van der Waals surface area contributed by atoms with E-state index >= 15 is 0 Å². The molecule has 1 heterocycles. The predicted octanol–water partition coefficient (Wildman–Crippen LogP) is 0.616. The molecule has 0 aliphatic heterocycles. The zero-order chi connectivity index (χ0) is 14.4. The summed E-state index contributed by atoms with van der Waals surface area (Å²) in [6.45, 7) is 3.62. The van der Waals surface area contributed by atoms with Crippen molar-refractivity contribution < 1.29 is 4.79 Å². The van der Waals surface area contributed by atoms with Gasteiger partial charge in [-0.3, -0.25) is 4.79 Å². The summed E-state index contributed by atoms with van der Waals surface area (Å²) >= 11 is 0. The Morgan fingerprint density at radius 3 is 2.80 bits per heavy atom. The van der Waals surface area contributed by atoms with Crippen LogP contribution in [0.3, 0.4) is 0 Å². The second-order valence-corrected chi connectivity index (χ2v) is 4.46. The van der Waals surface area contributed by atoms with Crippen LogP contribution in [-0.2, 0) is 30.8 Å². The fourth-order valence-electron chi connectivity index (χ4n) is 2.02. The zero-order valence-electron chi connectivity index (χ0n) is 11.5. The van der Waals surface area contributed by atoms with E-state index in [1.165, 1.54) is 0 Å². The van der Waals surface area contributed by atoms with Crippen LogP contribution in [0.2, 0.25) is 0 Å². The molecule has 2 aromatic rings. The Morgan fingerprint density at radius 1 is 1.35 bits per heavy atom. The number of aromatic nitrogens is 3. The highest BCUT2D eigenvalue weighted by molar-refractivity contribution is 5.78. The zero-order valence-corrected chi connectivity index (χ0v) is 11.5. The van der Waals surface area contributed by atoms with Crippen LogP contribution in [0.1, 0.15) is 23.9 Å². The van der Waals surface area contributed by atoms with Gasteiger partial charge in [0.1, 0.15) is 6.33 Å². The summed E-state index contributed by atoms with van der Waals surface area (Å²) in [5.74, 6) is 0.713. The number of hydrogen-bond acceptors (Lipinski definition) is 4. The first-order valence-electron chi connectivity index (χ1n) is 6.64. The van der Waals surface area contributed by atoms with Crippen molar-refractivity contribution in [3.05, 3.63) is 47.5 Å². The van der Waals surface area contributed by atoms with Gasteiger partial charge in [0.25, 0.3) is 0 Å². The molecule has 0 fully saturated rings. The third-order valence-electron chi connectivity index (χ3n) is 3.17. The summed E-state index contributed by atoms with van der Waals surface area (Å²) in [5.41, 5.74) is 7.62. The summed E-state index contributed by atoms with van der Waals surface area (Å²) in [5, 5.41) is 10.7. The van der Waals surface area contributed by atoms with E-state index in [1.807, 2.05) is 35.8 Å². The Balaban J connectivity index is 1.93. The van der Waals surface area contributed by atoms with Crippen molar-refractivity contribution in [3.63, 3.8) is 0 Å². The fraction of sp³-hybridized carbons (Fsp3) is 0.357. The largest absolute Gasteiger partial charge is 0.349 e. The number of rotatable bonds is 6. The second kappa shape index (κ2) is 6.81. The van der Waals surface area contributed by atoms with Crippen LogP contribution in [0.4, 0.5) is 0 Å². The molecule has 106 valence electrons. The number of carbonyl (C=O) groups is 1. The van der Waals surface area contributed by atoms with Crippen LogP contribution < -0.4 is 11.1 Å². The molecule has 0 saturated carbocycles. The van der Waals surface area contributed by atoms with Gasteiger partial charge in [-0.1, -0.05) is 24.3 Å². The predicted molar refractivity (Wildman–Crippen MR) is 75.6 cm³/mol. The first-order chi connectivity index (χ1) is 9.74. The van der Waals surface area contributed by atoms with Gasteiger partial charge in [-0.2, -0.15) is 0 Å². The summed E-state index contributed by atoms with van der Waals surface area (Å²) in [4.78, 5) is 12.0. The second-order valence-electron chi connectivity index (χ2n) is 4.46. The molecule has 20 heavy (non-hydrogen) atoms. The van der Waals surface area contributed by atoms with E-state index in [9.17, 15) is 4.79 Å². The standard InChI is InChI=1S/C14H19N5O/c1-2-19-10-17-18-13(19)9-16-14(20)7-11-5-3-4-6-12(11)8-15/h3-6,10H,2,7-9,15H2,1H3,(H,16,20). The molecule has 2 rings (SSSR count). The number of nitrogens with zero attached hydrogens (tertiary/aromatic N) is 3. The molecule has 0 saturated heterocycles. The smallest absolute Gasteiger partial charge is 0.224 e. The fourth-order valence-corrected chi connectivity index (χ4v) is 2.02. The van der Waals surface area contributed by atoms with E-state index in [0.717, 1.165) is 23.5 Å². The molecule has 0 radical (unpaired) electrons. The minimum Gasteiger partial charge on any atom is -0.349 e. The number of aryl methyl sites for hydroxylation is 1. The highest BCUT2D eigenvalue weighted by Gasteiger charge is 2.08. The topological polar surface area (TPSA) is 85.8 Å². The number of nitrogens with two attached hydrogens (primary N) is 1. The van der Waals surface area contributed by atoms with Gasteiger partial charge in [-0.25, -0.2) is 0 Å². The van der Waals surface area contributed by atoms with Gasteiger partial charge in [0.15, 0.2) is 5.82 Å². The first kappa shape index (κ1) is 14.2. The van der Waals surface area contributed by atoms with E-state index in [-0.39, 0.29) is 5.91 Å². The van der Waals surface area contributed by atoms with Gasteiger partial charge in [0, 0.05) is 13.1 Å². The molecular formula is C14H19N5O. The maximum atomic E-state index is 12.0. The molecule has 1 amide bonds. The van der Waals surface area contributed by atoms with Gasteiger partial charge in [-0.05, 0) is 18.1 Å². The summed E-state index contributed by atoms with van der Waals surface area (Å²) in [6.07, 6.45) is 1.98. The number of benzene rings is 1. The summed E-state index contributed by atoms with van der Waals surface area (Å²) in [7, 11) is 0. The van der Waals surface area contributed by atoms with Crippen molar-refractivity contribution in [3.8, 4) is 0 Å². The van der Waals surface area contributed by atoms with Crippen molar-refractivity contribution in [2.75, 3.05) is 0 Å². The van der Waals surface area contributed by atoms with E-state index in [2.05, 4.69) is 15.5 Å². The van der Waals surface area contributed by atoms with Crippen LogP contribution in [-0.4, -0.2) is 20.7 Å². The van der Waals surface area contributed by atoms with E-state index in [0.29, 0.717) is 19.5 Å². The molecule has 1 aromatic carbocycles. The molecule has 0 bridgehead atoms. The van der Waals surface area contributed by atoms with Crippen molar-refractivity contribution in [2.45, 2.75) is 33.0 Å². The average molecular weight is 273 g/mol. The summed E-state index contributed by atoms with van der Waals surface area (Å²) < 4.78 is 1.90. The lowest BCUT2D eigenvalue weighted by atomic mass is 10.0. The Labute approximate surface area is 118 Å². The third kappa shape index (κ3) is 3.42. The monoisotopic (exact) mass is 273 g/mol. The van der Waals surface area contributed by atoms with Crippen LogP contribution >= 0.6 is 0 Å². The Hall–Kier alpha value is -2.21. The molecule has 0 spiro atoms. The van der Waals surface area contributed by atoms with Crippen LogP contribution in [0.5, 0.6) is 0 Å². The lowest BCUT2D eigenvalue weighted by molar-refractivity contribution is -0.120. The third-order valence-corrected chi connectivity index (χ3v) is 3.17. The Morgan fingerprint density at radius 2 is 2.10 bits per heavy atom. The minimum absolute atomic E-state index is 0.0449. The Bertz CT molecular complexity index is 578. The molecule has 1 aromatic heterocycles. The molecule has 0 aliphatic rings. The summed E-state index contributed by atoms with van der Waals surface area (Å²) in [6, 6.07) is 7.70. The van der Waals surface area contributed by atoms with Crippen LogP contribution in [0.25, 0.3) is 0 Å². The first-order valence-corrected chi connectivity index (χ1v) is 6.64. The van der Waals surface area contributed by atoms with Crippen molar-refractivity contribution >= 4 is 5.91 Å². The van der Waals surface area contributed by atoms with Crippen LogP contribution in [0.15, 0.2) is 30.6 Å². The van der Waals surface area contributed by atoms with Gasteiger partial charge >= 0.3 is 0 Å². The average Bonchev–Trinajstić information content (AvgIpc) is 2.93.